The van der Waals surface area contributed by atoms with Crippen LogP contribution in [-0.4, -0.2) is 12.0 Å². The lowest BCUT2D eigenvalue weighted by molar-refractivity contribution is 0.566. The first-order chi connectivity index (χ1) is 7.69. The van der Waals surface area contributed by atoms with E-state index >= 15 is 0 Å². The first-order valence-electron chi connectivity index (χ1n) is 5.42. The molecule has 1 atom stereocenters. The van der Waals surface area contributed by atoms with Gasteiger partial charge in [0.2, 0.25) is 0 Å². The molecular formula is C13H14INO. The fraction of sp³-hybridized carbons (Fsp3) is 0.385. The first-order valence-corrected chi connectivity index (χ1v) is 6.50. The smallest absolute Gasteiger partial charge is 0.124 e. The fourth-order valence-corrected chi connectivity index (χ4v) is 3.00. The van der Waals surface area contributed by atoms with Crippen LogP contribution in [0.3, 0.4) is 0 Å². The van der Waals surface area contributed by atoms with E-state index < -0.39 is 0 Å². The first kappa shape index (κ1) is 11.8. The molecule has 2 N–H and O–H groups in total. The molecule has 3 heteroatoms. The summed E-state index contributed by atoms with van der Waals surface area (Å²) in [4.78, 5) is 10.7. The third-order valence-corrected chi connectivity index (χ3v) is 3.61. The van der Waals surface area contributed by atoms with E-state index in [2.05, 4.69) is 40.8 Å². The summed E-state index contributed by atoms with van der Waals surface area (Å²) in [5.41, 5.74) is 9.44. The highest BCUT2D eigenvalue weighted by molar-refractivity contribution is 14.1. The average Bonchev–Trinajstić information content (AvgIpc) is 2.58. The van der Waals surface area contributed by atoms with Gasteiger partial charge in [-0.05, 0) is 62.7 Å². The lowest BCUT2D eigenvalue weighted by Crippen LogP contribution is -2.15. The molecule has 16 heavy (non-hydrogen) atoms. The Morgan fingerprint density at radius 2 is 2.12 bits per heavy atom. The van der Waals surface area contributed by atoms with E-state index in [1.54, 1.807) is 0 Å². The molecule has 1 unspecified atom stereocenters. The molecule has 0 radical (unpaired) electrons. The van der Waals surface area contributed by atoms with Crippen molar-refractivity contribution >= 4 is 28.5 Å². The Balaban J connectivity index is 2.33. The van der Waals surface area contributed by atoms with Crippen LogP contribution in [0.25, 0.3) is 0 Å². The summed E-state index contributed by atoms with van der Waals surface area (Å²) in [6, 6.07) is 0.260. The van der Waals surface area contributed by atoms with E-state index in [1.807, 2.05) is 5.94 Å². The monoisotopic (exact) mass is 327 g/mol. The lowest BCUT2D eigenvalue weighted by Gasteiger charge is -2.01. The second kappa shape index (κ2) is 5.13. The maximum atomic E-state index is 10.7. The van der Waals surface area contributed by atoms with E-state index in [1.165, 1.54) is 14.7 Å². The lowest BCUT2D eigenvalue weighted by atomic mass is 10.1. The van der Waals surface area contributed by atoms with Crippen molar-refractivity contribution in [3.05, 3.63) is 38.5 Å². The van der Waals surface area contributed by atoms with Crippen LogP contribution < -0.4 is 5.73 Å². The third kappa shape index (κ3) is 2.73. The van der Waals surface area contributed by atoms with Crippen LogP contribution in [0.4, 0.5) is 0 Å². The van der Waals surface area contributed by atoms with E-state index in [4.69, 9.17) is 5.73 Å². The minimum absolute atomic E-state index is 0.260. The van der Waals surface area contributed by atoms with Gasteiger partial charge in [-0.25, -0.2) is 4.79 Å². The number of hydrogen-bond acceptors (Lipinski definition) is 2. The largest absolute Gasteiger partial charge is 0.327 e. The van der Waals surface area contributed by atoms with Crippen LogP contribution in [0.1, 0.15) is 25.7 Å². The van der Waals surface area contributed by atoms with Gasteiger partial charge >= 0.3 is 0 Å². The van der Waals surface area contributed by atoms with Crippen molar-refractivity contribution in [3.8, 4) is 0 Å². The van der Waals surface area contributed by atoms with Crippen molar-refractivity contribution in [3.63, 3.8) is 0 Å². The molecule has 2 rings (SSSR count). The molecule has 0 aromatic rings. The number of nitrogens with two attached hydrogens (primary N) is 1. The van der Waals surface area contributed by atoms with Gasteiger partial charge in [0.1, 0.15) is 5.94 Å². The second-order valence-electron chi connectivity index (χ2n) is 4.30. The summed E-state index contributed by atoms with van der Waals surface area (Å²) in [5, 5.41) is 0. The maximum absolute atomic E-state index is 10.7. The van der Waals surface area contributed by atoms with Crippen LogP contribution in [0.5, 0.6) is 0 Å². The molecule has 2 nitrogen and oxygen atoms in total. The van der Waals surface area contributed by atoms with Crippen molar-refractivity contribution in [2.24, 2.45) is 5.73 Å². The molecule has 0 aromatic heterocycles. The molecule has 0 saturated carbocycles. The third-order valence-electron chi connectivity index (χ3n) is 2.92. The highest BCUT2D eigenvalue weighted by Crippen LogP contribution is 2.32. The van der Waals surface area contributed by atoms with Gasteiger partial charge < -0.3 is 5.73 Å². The van der Waals surface area contributed by atoms with Gasteiger partial charge in [-0.3, -0.25) is 0 Å². The van der Waals surface area contributed by atoms with Crippen molar-refractivity contribution in [2.45, 2.75) is 31.7 Å². The van der Waals surface area contributed by atoms with Crippen molar-refractivity contribution in [1.82, 2.24) is 0 Å². The van der Waals surface area contributed by atoms with Gasteiger partial charge in [0.05, 0.1) is 0 Å². The average molecular weight is 327 g/mol. The van der Waals surface area contributed by atoms with Crippen LogP contribution in [0.15, 0.2) is 38.5 Å². The summed E-state index contributed by atoms with van der Waals surface area (Å²) in [7, 11) is 0. The standard InChI is InChI=1S/C13H14INO/c14-12-4-9(8-16)2-1-3-10-6-13(15)7-11(10)5-12/h1,3,5,13H,2,4,6-7,15H2/b3-1+,12-5?. The predicted molar refractivity (Wildman–Crippen MR) is 73.9 cm³/mol. The second-order valence-corrected chi connectivity index (χ2v) is 5.68. The molecule has 0 heterocycles. The van der Waals surface area contributed by atoms with Gasteiger partial charge in [-0.15, -0.1) is 0 Å². The Hall–Kier alpha value is -0.640. The zero-order valence-electron chi connectivity index (χ0n) is 9.00. The van der Waals surface area contributed by atoms with E-state index in [-0.39, 0.29) is 6.04 Å². The number of rotatable bonds is 0. The van der Waals surface area contributed by atoms with Gasteiger partial charge in [-0.2, -0.15) is 0 Å². The number of halogens is 1. The Morgan fingerprint density at radius 1 is 1.38 bits per heavy atom. The van der Waals surface area contributed by atoms with Crippen molar-refractivity contribution in [2.75, 3.05) is 0 Å². The SMILES string of the molecule is NC1CC2=C(/C=C/CC(=C=O)CC(I)=C2)C1. The van der Waals surface area contributed by atoms with Gasteiger partial charge in [0.15, 0.2) is 0 Å². The summed E-state index contributed by atoms with van der Waals surface area (Å²) in [5.74, 6) is 2.03. The minimum Gasteiger partial charge on any atom is -0.327 e. The minimum atomic E-state index is 0.260. The Morgan fingerprint density at radius 3 is 2.88 bits per heavy atom. The van der Waals surface area contributed by atoms with Crippen LogP contribution in [-0.2, 0) is 4.79 Å². The zero-order chi connectivity index (χ0) is 11.5. The molecule has 0 saturated heterocycles. The topological polar surface area (TPSA) is 43.1 Å². The summed E-state index contributed by atoms with van der Waals surface area (Å²) < 4.78 is 1.20. The predicted octanol–water partition coefficient (Wildman–Crippen LogP) is 2.83. The summed E-state index contributed by atoms with van der Waals surface area (Å²) >= 11 is 2.30. The van der Waals surface area contributed by atoms with Crippen LogP contribution in [0, 0.1) is 0 Å². The Bertz CT molecular complexity index is 439. The molecule has 0 spiro atoms. The molecule has 0 aliphatic heterocycles. The maximum Gasteiger partial charge on any atom is 0.124 e. The Kier molecular flexibility index (Phi) is 3.79. The molecular weight excluding hydrogens is 313 g/mol. The van der Waals surface area contributed by atoms with Crippen molar-refractivity contribution in [1.29, 1.82) is 0 Å². The molecule has 2 aliphatic carbocycles. The summed E-state index contributed by atoms with van der Waals surface area (Å²) in [6.07, 6.45) is 9.67. The molecule has 0 fully saturated rings. The molecule has 0 amide bonds. The molecule has 0 aromatic carbocycles. The summed E-state index contributed by atoms with van der Waals surface area (Å²) in [6.45, 7) is 0. The quantitative estimate of drug-likeness (QED) is 0.549. The number of carbonyl (C=O) groups excluding carboxylic acids is 1. The van der Waals surface area contributed by atoms with Crippen LogP contribution >= 0.6 is 22.6 Å². The molecule has 0 bridgehead atoms. The Labute approximate surface area is 109 Å². The molecule has 84 valence electrons. The normalized spacial score (nSPS) is 27.5. The van der Waals surface area contributed by atoms with Gasteiger partial charge in [-0.1, -0.05) is 12.2 Å². The fourth-order valence-electron chi connectivity index (χ4n) is 2.16. The highest BCUT2D eigenvalue weighted by Gasteiger charge is 2.19. The highest BCUT2D eigenvalue weighted by atomic mass is 127. The van der Waals surface area contributed by atoms with Crippen LogP contribution in [0.2, 0.25) is 0 Å². The van der Waals surface area contributed by atoms with Gasteiger partial charge in [0, 0.05) is 18.0 Å². The molecule has 2 aliphatic rings. The van der Waals surface area contributed by atoms with E-state index in [0.29, 0.717) is 6.42 Å². The van der Waals surface area contributed by atoms with E-state index in [0.717, 1.165) is 24.8 Å². The van der Waals surface area contributed by atoms with E-state index in [9.17, 15) is 4.79 Å². The van der Waals surface area contributed by atoms with Crippen molar-refractivity contribution < 1.29 is 4.79 Å². The van der Waals surface area contributed by atoms with Gasteiger partial charge in [0.25, 0.3) is 0 Å². The zero-order valence-corrected chi connectivity index (χ0v) is 11.2. The number of hydrogen-bond donors (Lipinski definition) is 1. The number of allylic oxidation sites excluding steroid dienone is 5.